The van der Waals surface area contributed by atoms with Crippen molar-refractivity contribution in [2.75, 3.05) is 18.4 Å². The van der Waals surface area contributed by atoms with E-state index in [1.54, 1.807) is 6.07 Å². The molecule has 1 unspecified atom stereocenters. The van der Waals surface area contributed by atoms with Crippen LogP contribution in [-0.4, -0.2) is 13.1 Å². The highest BCUT2D eigenvalue weighted by molar-refractivity contribution is 5.86. The summed E-state index contributed by atoms with van der Waals surface area (Å²) in [5, 5.41) is 8.89. The van der Waals surface area contributed by atoms with Crippen LogP contribution in [0.15, 0.2) is 60.7 Å². The zero-order valence-electron chi connectivity index (χ0n) is 15.8. The van der Waals surface area contributed by atoms with Crippen molar-refractivity contribution in [3.8, 4) is 0 Å². The lowest BCUT2D eigenvalue weighted by Gasteiger charge is -2.26. The third-order valence-electron chi connectivity index (χ3n) is 5.72. The Labute approximate surface area is 160 Å². The maximum atomic E-state index is 14.0. The molecule has 2 N–H and O–H groups in total. The SMILES string of the molecule is C[C@@H](NCCCC1CNc2ccccc2C1)c1ccc(F)c2ccccc12. The summed E-state index contributed by atoms with van der Waals surface area (Å²) >= 11 is 0. The van der Waals surface area contributed by atoms with Gasteiger partial charge in [-0.05, 0) is 67.3 Å². The number of para-hydroxylation sites is 1. The Bertz CT molecular complexity index is 921. The number of anilines is 1. The van der Waals surface area contributed by atoms with Gasteiger partial charge in [0.25, 0.3) is 0 Å². The Morgan fingerprint density at radius 2 is 1.81 bits per heavy atom. The minimum Gasteiger partial charge on any atom is -0.385 e. The second kappa shape index (κ2) is 8.10. The first-order valence-corrected chi connectivity index (χ1v) is 9.94. The van der Waals surface area contributed by atoms with E-state index in [9.17, 15) is 4.39 Å². The topological polar surface area (TPSA) is 24.1 Å². The van der Waals surface area contributed by atoms with Crippen LogP contribution in [0, 0.1) is 11.7 Å². The number of hydrogen-bond acceptors (Lipinski definition) is 2. The van der Waals surface area contributed by atoms with E-state index in [4.69, 9.17) is 0 Å². The van der Waals surface area contributed by atoms with E-state index in [2.05, 4.69) is 41.8 Å². The van der Waals surface area contributed by atoms with Gasteiger partial charge < -0.3 is 10.6 Å². The van der Waals surface area contributed by atoms with Crippen LogP contribution in [0.3, 0.4) is 0 Å². The molecule has 1 heterocycles. The molecule has 2 atom stereocenters. The highest BCUT2D eigenvalue weighted by atomic mass is 19.1. The zero-order valence-corrected chi connectivity index (χ0v) is 15.8. The normalized spacial score (nSPS) is 17.3. The van der Waals surface area contributed by atoms with Crippen molar-refractivity contribution in [2.45, 2.75) is 32.2 Å². The van der Waals surface area contributed by atoms with Crippen LogP contribution in [0.4, 0.5) is 10.1 Å². The van der Waals surface area contributed by atoms with E-state index in [0.29, 0.717) is 11.3 Å². The lowest BCUT2D eigenvalue weighted by Crippen LogP contribution is -2.25. The van der Waals surface area contributed by atoms with Crippen molar-refractivity contribution in [1.82, 2.24) is 5.32 Å². The number of halogens is 1. The molecule has 0 amide bonds. The molecule has 1 aliphatic heterocycles. The van der Waals surface area contributed by atoms with Crippen molar-refractivity contribution in [3.63, 3.8) is 0 Å². The van der Waals surface area contributed by atoms with Gasteiger partial charge in [0, 0.05) is 23.7 Å². The Hall–Kier alpha value is -2.39. The molecule has 2 nitrogen and oxygen atoms in total. The number of rotatable bonds is 6. The molecule has 3 aromatic carbocycles. The fourth-order valence-corrected chi connectivity index (χ4v) is 4.19. The number of nitrogens with one attached hydrogen (secondary N) is 2. The summed E-state index contributed by atoms with van der Waals surface area (Å²) in [5.74, 6) is 0.551. The minimum absolute atomic E-state index is 0.147. The van der Waals surface area contributed by atoms with Gasteiger partial charge in [-0.2, -0.15) is 0 Å². The van der Waals surface area contributed by atoms with Crippen LogP contribution < -0.4 is 10.6 Å². The maximum Gasteiger partial charge on any atom is 0.131 e. The Balaban J connectivity index is 1.31. The number of benzene rings is 3. The molecule has 140 valence electrons. The molecule has 0 bridgehead atoms. The maximum absolute atomic E-state index is 14.0. The van der Waals surface area contributed by atoms with Gasteiger partial charge in [0.15, 0.2) is 0 Å². The molecule has 1 aliphatic rings. The largest absolute Gasteiger partial charge is 0.385 e. The quantitative estimate of drug-likeness (QED) is 0.550. The van der Waals surface area contributed by atoms with Crippen LogP contribution in [0.1, 0.15) is 36.9 Å². The van der Waals surface area contributed by atoms with Crippen molar-refractivity contribution in [1.29, 1.82) is 0 Å². The third-order valence-corrected chi connectivity index (χ3v) is 5.72. The lowest BCUT2D eigenvalue weighted by molar-refractivity contribution is 0.453. The molecule has 0 fully saturated rings. The predicted molar refractivity (Wildman–Crippen MR) is 112 cm³/mol. The van der Waals surface area contributed by atoms with Crippen LogP contribution in [0.2, 0.25) is 0 Å². The first-order valence-electron chi connectivity index (χ1n) is 9.94. The molecule has 0 spiro atoms. The molecule has 0 aliphatic carbocycles. The van der Waals surface area contributed by atoms with Gasteiger partial charge in [-0.3, -0.25) is 0 Å². The van der Waals surface area contributed by atoms with Crippen LogP contribution in [0.25, 0.3) is 10.8 Å². The minimum atomic E-state index is -0.147. The first kappa shape index (κ1) is 18.0. The van der Waals surface area contributed by atoms with Gasteiger partial charge >= 0.3 is 0 Å². The second-order valence-electron chi connectivity index (χ2n) is 7.61. The molecule has 0 saturated heterocycles. The molecule has 4 rings (SSSR count). The summed E-state index contributed by atoms with van der Waals surface area (Å²) in [5.41, 5.74) is 3.90. The van der Waals surface area contributed by atoms with E-state index in [0.717, 1.165) is 24.9 Å². The summed E-state index contributed by atoms with van der Waals surface area (Å²) in [6, 6.07) is 20.1. The van der Waals surface area contributed by atoms with Crippen LogP contribution >= 0.6 is 0 Å². The molecular weight excluding hydrogens is 335 g/mol. The average molecular weight is 362 g/mol. The Kier molecular flexibility index (Phi) is 5.40. The first-order chi connectivity index (χ1) is 13.2. The summed E-state index contributed by atoms with van der Waals surface area (Å²) in [6.45, 7) is 4.21. The smallest absolute Gasteiger partial charge is 0.131 e. The molecule has 0 radical (unpaired) electrons. The molecule has 3 aromatic rings. The van der Waals surface area contributed by atoms with Gasteiger partial charge in [-0.1, -0.05) is 48.5 Å². The van der Waals surface area contributed by atoms with Gasteiger partial charge in [0.1, 0.15) is 5.82 Å². The van der Waals surface area contributed by atoms with Crippen molar-refractivity contribution < 1.29 is 4.39 Å². The molecule has 27 heavy (non-hydrogen) atoms. The van der Waals surface area contributed by atoms with E-state index in [1.807, 2.05) is 30.3 Å². The van der Waals surface area contributed by atoms with E-state index in [1.165, 1.54) is 29.7 Å². The van der Waals surface area contributed by atoms with Gasteiger partial charge in [-0.25, -0.2) is 4.39 Å². The molecule has 0 aromatic heterocycles. The van der Waals surface area contributed by atoms with Gasteiger partial charge in [0.05, 0.1) is 0 Å². The van der Waals surface area contributed by atoms with Gasteiger partial charge in [-0.15, -0.1) is 0 Å². The fourth-order valence-electron chi connectivity index (χ4n) is 4.19. The highest BCUT2D eigenvalue weighted by Crippen LogP contribution is 2.28. The predicted octanol–water partition coefficient (Wildman–Crippen LogP) is 5.69. The second-order valence-corrected chi connectivity index (χ2v) is 7.61. The van der Waals surface area contributed by atoms with Crippen molar-refractivity contribution in [3.05, 3.63) is 77.6 Å². The van der Waals surface area contributed by atoms with E-state index < -0.39 is 0 Å². The summed E-state index contributed by atoms with van der Waals surface area (Å²) in [4.78, 5) is 0. The van der Waals surface area contributed by atoms with Crippen molar-refractivity contribution >= 4 is 16.5 Å². The van der Waals surface area contributed by atoms with Crippen molar-refractivity contribution in [2.24, 2.45) is 5.92 Å². The number of fused-ring (bicyclic) bond motifs is 2. The Morgan fingerprint density at radius 1 is 1.04 bits per heavy atom. The summed E-state index contributed by atoms with van der Waals surface area (Å²) < 4.78 is 14.0. The van der Waals surface area contributed by atoms with E-state index in [-0.39, 0.29) is 11.9 Å². The average Bonchev–Trinajstić information content (AvgIpc) is 2.71. The summed E-state index contributed by atoms with van der Waals surface area (Å²) in [7, 11) is 0. The third kappa shape index (κ3) is 3.98. The highest BCUT2D eigenvalue weighted by Gasteiger charge is 2.17. The Morgan fingerprint density at radius 3 is 2.70 bits per heavy atom. The number of hydrogen-bond donors (Lipinski definition) is 2. The summed E-state index contributed by atoms with van der Waals surface area (Å²) in [6.07, 6.45) is 3.53. The monoisotopic (exact) mass is 362 g/mol. The van der Waals surface area contributed by atoms with E-state index >= 15 is 0 Å². The fraction of sp³-hybridized carbons (Fsp3) is 0.333. The lowest BCUT2D eigenvalue weighted by atomic mass is 9.90. The molecule has 3 heteroatoms. The van der Waals surface area contributed by atoms with Crippen LogP contribution in [0.5, 0.6) is 0 Å². The standard InChI is InChI=1S/C24H27FN2/c1-17(20-12-13-23(25)22-10-4-3-9-21(20)22)26-14-6-7-18-15-19-8-2-5-11-24(19)27-16-18/h2-5,8-13,17-18,26-27H,6-7,14-16H2,1H3/t17-,18?/m1/s1. The molecule has 0 saturated carbocycles. The van der Waals surface area contributed by atoms with Gasteiger partial charge in [0.2, 0.25) is 0 Å². The van der Waals surface area contributed by atoms with Crippen LogP contribution in [-0.2, 0) is 6.42 Å². The zero-order chi connectivity index (χ0) is 18.6. The molecular formula is C24H27FN2.